The fraction of sp³-hybridized carbons (Fsp3) is 0.778. The summed E-state index contributed by atoms with van der Waals surface area (Å²) in [6.45, 7) is 6.84. The molecule has 0 radical (unpaired) electrons. The molecule has 0 aromatic carbocycles. The van der Waals surface area contributed by atoms with E-state index in [9.17, 15) is 0 Å². The fourth-order valence-corrected chi connectivity index (χ4v) is 1.64. The fourth-order valence-electron chi connectivity index (χ4n) is 1.64. The minimum absolute atomic E-state index is 0.884. The van der Waals surface area contributed by atoms with Gasteiger partial charge in [-0.2, -0.15) is 0 Å². The van der Waals surface area contributed by atoms with Crippen molar-refractivity contribution in [2.45, 2.75) is 40.0 Å². The van der Waals surface area contributed by atoms with Crippen LogP contribution in [0.2, 0.25) is 0 Å². The summed E-state index contributed by atoms with van der Waals surface area (Å²) < 4.78 is 0. The molecule has 1 rings (SSSR count). The van der Waals surface area contributed by atoms with Gasteiger partial charge in [-0.1, -0.05) is 38.3 Å². The first kappa shape index (κ1) is 6.85. The third kappa shape index (κ3) is 1.17. The molecule has 0 aliphatic heterocycles. The molecule has 1 unspecified atom stereocenters. The van der Waals surface area contributed by atoms with E-state index in [0.717, 1.165) is 5.92 Å². The Hall–Kier alpha value is -0.260. The van der Waals surface area contributed by atoms with Gasteiger partial charge in [0.15, 0.2) is 0 Å². The van der Waals surface area contributed by atoms with Crippen LogP contribution in [0.15, 0.2) is 11.1 Å². The first-order chi connectivity index (χ1) is 4.31. The molecule has 1 atom stereocenters. The highest BCUT2D eigenvalue weighted by molar-refractivity contribution is 5.39. The van der Waals surface area contributed by atoms with Gasteiger partial charge in [-0.25, -0.2) is 0 Å². The molecule has 52 valence electrons. The topological polar surface area (TPSA) is 0 Å². The number of hydrogen-bond acceptors (Lipinski definition) is 0. The average Bonchev–Trinajstić information content (AvgIpc) is 2.44. The van der Waals surface area contributed by atoms with Gasteiger partial charge in [0.05, 0.1) is 0 Å². The lowest BCUT2D eigenvalue weighted by Gasteiger charge is -1.85. The Kier molecular flexibility index (Phi) is 1.94. The second-order valence-electron chi connectivity index (χ2n) is 2.88. The van der Waals surface area contributed by atoms with Crippen molar-refractivity contribution in [2.24, 2.45) is 5.92 Å². The highest BCUT2D eigenvalue weighted by Gasteiger charge is 2.28. The summed E-state index contributed by atoms with van der Waals surface area (Å²) in [5.74, 6) is 0.884. The molecular formula is C9H16. The van der Waals surface area contributed by atoms with Gasteiger partial charge in [0.2, 0.25) is 0 Å². The van der Waals surface area contributed by atoms with E-state index in [4.69, 9.17) is 0 Å². The summed E-state index contributed by atoms with van der Waals surface area (Å²) in [6.07, 6.45) is 3.96. The second-order valence-corrected chi connectivity index (χ2v) is 2.88. The van der Waals surface area contributed by atoms with E-state index < -0.39 is 0 Å². The number of allylic oxidation sites excluding steroid dienone is 2. The molecule has 0 spiro atoms. The standard InChI is InChI=1S/C9H16/c1-4-6-9-7(3)8(9)5-2/h7H,4-6H2,1-3H3. The second kappa shape index (κ2) is 2.55. The van der Waals surface area contributed by atoms with Crippen LogP contribution < -0.4 is 0 Å². The van der Waals surface area contributed by atoms with Crippen LogP contribution in [-0.2, 0) is 0 Å². The molecule has 0 bridgehead atoms. The minimum atomic E-state index is 0.884. The van der Waals surface area contributed by atoms with Crippen molar-refractivity contribution < 1.29 is 0 Å². The van der Waals surface area contributed by atoms with E-state index in [1.807, 2.05) is 0 Å². The largest absolute Gasteiger partial charge is 0.0651 e. The summed E-state index contributed by atoms with van der Waals surface area (Å²) in [6, 6.07) is 0. The smallest absolute Gasteiger partial charge is 0.00158 e. The molecule has 0 saturated carbocycles. The molecule has 0 aromatic heterocycles. The first-order valence-electron chi connectivity index (χ1n) is 4.03. The van der Waals surface area contributed by atoms with Gasteiger partial charge in [-0.05, 0) is 18.8 Å². The van der Waals surface area contributed by atoms with Gasteiger partial charge in [0.25, 0.3) is 0 Å². The Morgan fingerprint density at radius 1 is 1.22 bits per heavy atom. The number of rotatable bonds is 3. The lowest BCUT2D eigenvalue weighted by atomic mass is 10.2. The minimum Gasteiger partial charge on any atom is -0.0651 e. The zero-order chi connectivity index (χ0) is 6.85. The SMILES string of the molecule is CCCC1=C(CC)C1C. The van der Waals surface area contributed by atoms with E-state index in [1.54, 1.807) is 11.1 Å². The van der Waals surface area contributed by atoms with Crippen LogP contribution in [-0.4, -0.2) is 0 Å². The van der Waals surface area contributed by atoms with E-state index in [-0.39, 0.29) is 0 Å². The van der Waals surface area contributed by atoms with Crippen molar-refractivity contribution in [2.75, 3.05) is 0 Å². The molecule has 0 saturated heterocycles. The van der Waals surface area contributed by atoms with E-state index in [2.05, 4.69) is 20.8 Å². The molecule has 0 aromatic rings. The number of hydrogen-bond donors (Lipinski definition) is 0. The summed E-state index contributed by atoms with van der Waals surface area (Å²) in [7, 11) is 0. The van der Waals surface area contributed by atoms with Crippen LogP contribution in [0.5, 0.6) is 0 Å². The quantitative estimate of drug-likeness (QED) is 0.507. The predicted molar refractivity (Wildman–Crippen MR) is 41.4 cm³/mol. The molecular weight excluding hydrogens is 108 g/mol. The van der Waals surface area contributed by atoms with Crippen LogP contribution in [0.3, 0.4) is 0 Å². The maximum absolute atomic E-state index is 2.32. The van der Waals surface area contributed by atoms with Crippen LogP contribution >= 0.6 is 0 Å². The molecule has 0 nitrogen and oxygen atoms in total. The molecule has 0 N–H and O–H groups in total. The lowest BCUT2D eigenvalue weighted by Crippen LogP contribution is -1.71. The van der Waals surface area contributed by atoms with Crippen LogP contribution in [0.1, 0.15) is 40.0 Å². The van der Waals surface area contributed by atoms with Crippen molar-refractivity contribution in [1.29, 1.82) is 0 Å². The Balaban J connectivity index is 2.34. The van der Waals surface area contributed by atoms with Gasteiger partial charge in [0.1, 0.15) is 0 Å². The van der Waals surface area contributed by atoms with Crippen LogP contribution in [0.25, 0.3) is 0 Å². The highest BCUT2D eigenvalue weighted by Crippen LogP contribution is 2.43. The lowest BCUT2D eigenvalue weighted by molar-refractivity contribution is 0.858. The summed E-state index contributed by atoms with van der Waals surface area (Å²) in [5, 5.41) is 0. The summed E-state index contributed by atoms with van der Waals surface area (Å²) in [5.41, 5.74) is 3.48. The molecule has 1 aliphatic carbocycles. The third-order valence-corrected chi connectivity index (χ3v) is 2.27. The molecule has 9 heavy (non-hydrogen) atoms. The molecule has 0 heteroatoms. The monoisotopic (exact) mass is 124 g/mol. The predicted octanol–water partition coefficient (Wildman–Crippen LogP) is 3.14. The van der Waals surface area contributed by atoms with Crippen LogP contribution in [0, 0.1) is 5.92 Å². The van der Waals surface area contributed by atoms with Gasteiger partial charge in [-0.15, -0.1) is 0 Å². The van der Waals surface area contributed by atoms with Crippen molar-refractivity contribution >= 4 is 0 Å². The Bertz CT molecular complexity index is 131. The maximum atomic E-state index is 2.32. The van der Waals surface area contributed by atoms with Gasteiger partial charge < -0.3 is 0 Å². The molecule has 1 aliphatic rings. The third-order valence-electron chi connectivity index (χ3n) is 2.27. The maximum Gasteiger partial charge on any atom is -0.00158 e. The first-order valence-corrected chi connectivity index (χ1v) is 4.03. The van der Waals surface area contributed by atoms with E-state index in [0.29, 0.717) is 0 Å². The van der Waals surface area contributed by atoms with Crippen molar-refractivity contribution in [3.63, 3.8) is 0 Å². The van der Waals surface area contributed by atoms with Crippen molar-refractivity contribution in [1.82, 2.24) is 0 Å². The summed E-state index contributed by atoms with van der Waals surface area (Å²) in [4.78, 5) is 0. The summed E-state index contributed by atoms with van der Waals surface area (Å²) >= 11 is 0. The normalized spacial score (nSPS) is 25.0. The Morgan fingerprint density at radius 2 is 1.89 bits per heavy atom. The Morgan fingerprint density at radius 3 is 2.22 bits per heavy atom. The van der Waals surface area contributed by atoms with Gasteiger partial charge in [-0.3, -0.25) is 0 Å². The highest BCUT2D eigenvalue weighted by atomic mass is 14.3. The van der Waals surface area contributed by atoms with Gasteiger partial charge >= 0.3 is 0 Å². The van der Waals surface area contributed by atoms with Crippen molar-refractivity contribution in [3.8, 4) is 0 Å². The Labute approximate surface area is 58.0 Å². The van der Waals surface area contributed by atoms with E-state index in [1.165, 1.54) is 19.3 Å². The zero-order valence-electron chi connectivity index (χ0n) is 6.70. The molecule has 0 amide bonds. The average molecular weight is 124 g/mol. The van der Waals surface area contributed by atoms with Gasteiger partial charge in [0, 0.05) is 0 Å². The van der Waals surface area contributed by atoms with E-state index >= 15 is 0 Å². The molecule has 0 heterocycles. The molecule has 0 fully saturated rings. The zero-order valence-corrected chi connectivity index (χ0v) is 6.70. The van der Waals surface area contributed by atoms with Crippen molar-refractivity contribution in [3.05, 3.63) is 11.1 Å². The van der Waals surface area contributed by atoms with Crippen LogP contribution in [0.4, 0.5) is 0 Å².